The first-order valence-electron chi connectivity index (χ1n) is 12.2. The van der Waals surface area contributed by atoms with Gasteiger partial charge in [-0.2, -0.15) is 4.57 Å². The van der Waals surface area contributed by atoms with Crippen LogP contribution in [-0.2, 0) is 13.5 Å². The smallest absolute Gasteiger partial charge is 0.216 e. The van der Waals surface area contributed by atoms with Crippen molar-refractivity contribution in [3.05, 3.63) is 94.5 Å². The van der Waals surface area contributed by atoms with Gasteiger partial charge in [-0.3, -0.25) is 0 Å². The van der Waals surface area contributed by atoms with Crippen molar-refractivity contribution < 1.29 is 8.98 Å². The van der Waals surface area contributed by atoms with Gasteiger partial charge < -0.3 is 4.42 Å². The summed E-state index contributed by atoms with van der Waals surface area (Å²) in [5.41, 5.74) is 11.6. The van der Waals surface area contributed by atoms with Crippen molar-refractivity contribution in [3.8, 4) is 22.4 Å². The van der Waals surface area contributed by atoms with Crippen molar-refractivity contribution in [2.45, 2.75) is 41.0 Å². The summed E-state index contributed by atoms with van der Waals surface area (Å²) in [6.45, 7) is 18.9. The minimum atomic E-state index is 0.581. The Hall–Kier alpha value is -3.90. The first-order valence-corrected chi connectivity index (χ1v) is 12.2. The zero-order chi connectivity index (χ0) is 24.9. The highest BCUT2D eigenvalue weighted by atomic mass is 16.3. The van der Waals surface area contributed by atoms with Crippen LogP contribution in [0, 0.1) is 33.3 Å². The summed E-state index contributed by atoms with van der Waals surface area (Å²) in [4.78, 5) is 3.83. The maximum Gasteiger partial charge on any atom is 0.216 e. The van der Waals surface area contributed by atoms with Crippen molar-refractivity contribution in [1.29, 1.82) is 0 Å². The Kier molecular flexibility index (Phi) is 5.69. The van der Waals surface area contributed by atoms with Crippen molar-refractivity contribution in [3.63, 3.8) is 0 Å². The molecule has 174 valence electrons. The van der Waals surface area contributed by atoms with E-state index in [4.69, 9.17) is 11.0 Å². The average molecular weight is 460 g/mol. The van der Waals surface area contributed by atoms with Gasteiger partial charge >= 0.3 is 0 Å². The maximum absolute atomic E-state index is 7.79. The summed E-state index contributed by atoms with van der Waals surface area (Å²) < 4.78 is 9.02. The lowest BCUT2D eigenvalue weighted by Gasteiger charge is -2.14. The van der Waals surface area contributed by atoms with E-state index < -0.39 is 0 Å². The van der Waals surface area contributed by atoms with Crippen LogP contribution in [0.1, 0.15) is 36.2 Å². The molecule has 0 bridgehead atoms. The first-order chi connectivity index (χ1) is 16.8. The molecule has 0 amide bonds. The second kappa shape index (κ2) is 8.71. The molecular formula is C32H31N2O+. The van der Waals surface area contributed by atoms with E-state index in [1.165, 1.54) is 22.4 Å². The van der Waals surface area contributed by atoms with Crippen LogP contribution >= 0.6 is 0 Å². The Morgan fingerprint density at radius 2 is 1.54 bits per heavy atom. The molecule has 0 spiro atoms. The number of hydrogen-bond acceptors (Lipinski definition) is 1. The number of nitrogens with zero attached hydrogens (tertiary/aromatic N) is 2. The lowest BCUT2D eigenvalue weighted by Crippen LogP contribution is -2.36. The van der Waals surface area contributed by atoms with Gasteiger partial charge in [0, 0.05) is 34.9 Å². The Morgan fingerprint density at radius 3 is 2.20 bits per heavy atom. The predicted octanol–water partition coefficient (Wildman–Crippen LogP) is 8.42. The molecule has 0 saturated heterocycles. The molecule has 0 aliphatic carbocycles. The average Bonchev–Trinajstić information content (AvgIpc) is 3.23. The maximum atomic E-state index is 7.79. The molecule has 0 atom stereocenters. The minimum absolute atomic E-state index is 0.581. The predicted molar refractivity (Wildman–Crippen MR) is 145 cm³/mol. The topological polar surface area (TPSA) is 21.4 Å². The first kappa shape index (κ1) is 22.9. The number of fused-ring (bicyclic) bond motifs is 3. The highest BCUT2D eigenvalue weighted by Gasteiger charge is 2.25. The van der Waals surface area contributed by atoms with Crippen molar-refractivity contribution in [2.75, 3.05) is 0 Å². The van der Waals surface area contributed by atoms with Gasteiger partial charge in [0.05, 0.1) is 12.1 Å². The van der Waals surface area contributed by atoms with E-state index in [1.54, 1.807) is 0 Å². The molecule has 35 heavy (non-hydrogen) atoms. The second-order valence-corrected chi connectivity index (χ2v) is 9.97. The standard InChI is InChI=1S/C32H31N2O/c1-19(2)17-24-18-28(34(7)22(5)21(24)4)29-20(3)13-14-25-26-15-16-27(33-6)30(32(26)35-31(25)29)23-11-9-8-10-12-23/h8-16,18-19H,17H2,1-5,7H3/q+1. The molecule has 0 fully saturated rings. The van der Waals surface area contributed by atoms with Crippen molar-refractivity contribution in [1.82, 2.24) is 0 Å². The van der Waals surface area contributed by atoms with Crippen LogP contribution in [0.2, 0.25) is 0 Å². The molecule has 0 aliphatic heterocycles. The molecular weight excluding hydrogens is 428 g/mol. The number of benzene rings is 3. The normalized spacial score (nSPS) is 11.5. The summed E-state index contributed by atoms with van der Waals surface area (Å²) in [6, 6.07) is 20.7. The lowest BCUT2D eigenvalue weighted by atomic mass is 9.93. The quantitative estimate of drug-likeness (QED) is 0.195. The number of furan rings is 1. The Bertz CT molecular complexity index is 1630. The van der Waals surface area contributed by atoms with E-state index >= 15 is 0 Å². The monoisotopic (exact) mass is 459 g/mol. The fourth-order valence-corrected chi connectivity index (χ4v) is 5.21. The van der Waals surface area contributed by atoms with Crippen LogP contribution in [0.15, 0.2) is 65.1 Å². The molecule has 0 radical (unpaired) electrons. The zero-order valence-corrected chi connectivity index (χ0v) is 21.4. The van der Waals surface area contributed by atoms with E-state index in [0.717, 1.165) is 50.7 Å². The number of hydrogen-bond donors (Lipinski definition) is 0. The molecule has 3 nitrogen and oxygen atoms in total. The molecule has 5 rings (SSSR count). The zero-order valence-electron chi connectivity index (χ0n) is 21.4. The van der Waals surface area contributed by atoms with Crippen LogP contribution in [0.3, 0.4) is 0 Å². The number of pyridine rings is 1. The Balaban J connectivity index is 1.88. The van der Waals surface area contributed by atoms with E-state index in [-0.39, 0.29) is 0 Å². The van der Waals surface area contributed by atoms with Gasteiger partial charge in [-0.25, -0.2) is 4.85 Å². The largest absolute Gasteiger partial charge is 0.456 e. The third-order valence-electron chi connectivity index (χ3n) is 7.26. The van der Waals surface area contributed by atoms with Crippen LogP contribution < -0.4 is 4.57 Å². The molecule has 0 N–H and O–H groups in total. The molecule has 2 heterocycles. The minimum Gasteiger partial charge on any atom is -0.456 e. The Labute approximate surface area is 207 Å². The fraction of sp³-hybridized carbons (Fsp3) is 0.250. The summed E-state index contributed by atoms with van der Waals surface area (Å²) in [7, 11) is 2.14. The van der Waals surface area contributed by atoms with Crippen molar-refractivity contribution in [2.24, 2.45) is 13.0 Å². The third kappa shape index (κ3) is 3.70. The van der Waals surface area contributed by atoms with Gasteiger partial charge in [-0.05, 0) is 42.9 Å². The highest BCUT2D eigenvalue weighted by molar-refractivity contribution is 6.15. The molecule has 3 aromatic carbocycles. The van der Waals surface area contributed by atoms with E-state index in [0.29, 0.717) is 11.6 Å². The molecule has 0 aliphatic rings. The van der Waals surface area contributed by atoms with Gasteiger partial charge in [-0.1, -0.05) is 68.4 Å². The van der Waals surface area contributed by atoms with Crippen LogP contribution in [0.4, 0.5) is 5.69 Å². The summed E-state index contributed by atoms with van der Waals surface area (Å²) in [5.74, 6) is 0.581. The van der Waals surface area contributed by atoms with Crippen LogP contribution in [0.5, 0.6) is 0 Å². The third-order valence-corrected chi connectivity index (χ3v) is 7.26. The fourth-order valence-electron chi connectivity index (χ4n) is 5.21. The molecule has 0 saturated carbocycles. The van der Waals surface area contributed by atoms with Gasteiger partial charge in [0.2, 0.25) is 5.69 Å². The number of aryl methyl sites for hydroxylation is 1. The van der Waals surface area contributed by atoms with Gasteiger partial charge in [0.25, 0.3) is 0 Å². The Morgan fingerprint density at radius 1 is 0.886 bits per heavy atom. The van der Waals surface area contributed by atoms with Crippen LogP contribution in [-0.4, -0.2) is 0 Å². The van der Waals surface area contributed by atoms with E-state index in [2.05, 4.69) is 69.3 Å². The second-order valence-electron chi connectivity index (χ2n) is 9.97. The highest BCUT2D eigenvalue weighted by Crippen LogP contribution is 2.44. The molecule has 3 heteroatoms. The SMILES string of the molecule is [C-]#[N+]c1ccc2c(oc3c(-c4cc(CC(C)C)c(C)c(C)[n+]4C)c(C)ccc32)c1-c1ccccc1. The van der Waals surface area contributed by atoms with E-state index in [9.17, 15) is 0 Å². The van der Waals surface area contributed by atoms with Crippen molar-refractivity contribution >= 4 is 27.6 Å². The number of rotatable bonds is 4. The molecule has 5 aromatic rings. The summed E-state index contributed by atoms with van der Waals surface area (Å²) >= 11 is 0. The van der Waals surface area contributed by atoms with Gasteiger partial charge in [0.15, 0.2) is 11.4 Å². The molecule has 2 aromatic heterocycles. The van der Waals surface area contributed by atoms with Gasteiger partial charge in [-0.15, -0.1) is 0 Å². The number of aromatic nitrogens is 1. The summed E-state index contributed by atoms with van der Waals surface area (Å²) in [6.07, 6.45) is 1.04. The van der Waals surface area contributed by atoms with Crippen LogP contribution in [0.25, 0.3) is 49.2 Å². The van der Waals surface area contributed by atoms with E-state index in [1.807, 2.05) is 42.5 Å². The molecule has 0 unspecified atom stereocenters. The lowest BCUT2D eigenvalue weighted by molar-refractivity contribution is -0.667. The van der Waals surface area contributed by atoms with Gasteiger partial charge in [0.1, 0.15) is 18.2 Å². The summed E-state index contributed by atoms with van der Waals surface area (Å²) in [5, 5.41) is 2.12.